The first kappa shape index (κ1) is 14.1. The largest absolute Gasteiger partial charge is 0.504 e. The summed E-state index contributed by atoms with van der Waals surface area (Å²) in [6.45, 7) is 7.90. The van der Waals surface area contributed by atoms with Crippen molar-refractivity contribution >= 4 is 5.91 Å². The van der Waals surface area contributed by atoms with E-state index >= 15 is 0 Å². The zero-order chi connectivity index (χ0) is 13.7. The fourth-order valence-electron chi connectivity index (χ4n) is 1.68. The van der Waals surface area contributed by atoms with Crippen LogP contribution in [0.4, 0.5) is 0 Å². The molecule has 98 valence electrons. The molecule has 0 heterocycles. The molecule has 0 aliphatic heterocycles. The molecular formula is C14H19NO3. The van der Waals surface area contributed by atoms with E-state index in [1.54, 1.807) is 29.2 Å². The van der Waals surface area contributed by atoms with E-state index in [0.717, 1.165) is 0 Å². The highest BCUT2D eigenvalue weighted by molar-refractivity contribution is 5.97. The molecule has 1 amide bonds. The number of aromatic hydroxyl groups is 1. The Morgan fingerprint density at radius 2 is 2.22 bits per heavy atom. The smallest absolute Gasteiger partial charge is 0.258 e. The minimum atomic E-state index is -0.235. The van der Waals surface area contributed by atoms with Crippen LogP contribution in [0, 0.1) is 0 Å². The van der Waals surface area contributed by atoms with Gasteiger partial charge >= 0.3 is 0 Å². The summed E-state index contributed by atoms with van der Waals surface area (Å²) in [6.07, 6.45) is 1.66. The number of ether oxygens (including phenoxy) is 1. The van der Waals surface area contributed by atoms with Crippen LogP contribution < -0.4 is 4.74 Å². The fraction of sp³-hybridized carbons (Fsp3) is 0.357. The Kier molecular flexibility index (Phi) is 4.77. The summed E-state index contributed by atoms with van der Waals surface area (Å²) in [4.78, 5) is 14.0. The molecule has 0 unspecified atom stereocenters. The first-order valence-corrected chi connectivity index (χ1v) is 5.80. The van der Waals surface area contributed by atoms with Gasteiger partial charge in [-0.1, -0.05) is 12.1 Å². The summed E-state index contributed by atoms with van der Waals surface area (Å²) >= 11 is 0. The van der Waals surface area contributed by atoms with E-state index in [2.05, 4.69) is 6.58 Å². The highest BCUT2D eigenvalue weighted by Gasteiger charge is 2.21. The van der Waals surface area contributed by atoms with Gasteiger partial charge in [0.15, 0.2) is 11.5 Å². The van der Waals surface area contributed by atoms with Gasteiger partial charge in [0.05, 0.1) is 12.7 Å². The van der Waals surface area contributed by atoms with E-state index in [9.17, 15) is 9.90 Å². The molecule has 0 fully saturated rings. The van der Waals surface area contributed by atoms with Crippen molar-refractivity contribution in [3.63, 3.8) is 0 Å². The standard InChI is InChI=1S/C14H19NO3/c1-5-9-15(10(2)3)14(17)11-7-6-8-12(18-4)13(11)16/h5-8,10,16H,1,9H2,2-4H3. The van der Waals surface area contributed by atoms with Crippen molar-refractivity contribution in [2.75, 3.05) is 13.7 Å². The molecule has 0 aliphatic rings. The normalized spacial score (nSPS) is 10.2. The van der Waals surface area contributed by atoms with E-state index in [-0.39, 0.29) is 23.3 Å². The molecule has 0 radical (unpaired) electrons. The Hall–Kier alpha value is -1.97. The number of phenolic OH excluding ortho intramolecular Hbond substituents is 1. The number of hydrogen-bond acceptors (Lipinski definition) is 3. The molecule has 0 aliphatic carbocycles. The lowest BCUT2D eigenvalue weighted by atomic mass is 10.1. The predicted molar refractivity (Wildman–Crippen MR) is 71.0 cm³/mol. The van der Waals surface area contributed by atoms with Crippen LogP contribution in [0.25, 0.3) is 0 Å². The predicted octanol–water partition coefficient (Wildman–Crippen LogP) is 2.44. The maximum atomic E-state index is 12.3. The van der Waals surface area contributed by atoms with Crippen LogP contribution in [0.15, 0.2) is 30.9 Å². The average Bonchev–Trinajstić information content (AvgIpc) is 2.35. The molecule has 0 bridgehead atoms. The Bertz CT molecular complexity index is 441. The fourth-order valence-corrected chi connectivity index (χ4v) is 1.68. The quantitative estimate of drug-likeness (QED) is 0.815. The van der Waals surface area contributed by atoms with Crippen molar-refractivity contribution in [3.05, 3.63) is 36.4 Å². The molecule has 0 aromatic heterocycles. The molecule has 1 aromatic rings. The van der Waals surface area contributed by atoms with Gasteiger partial charge in [-0.05, 0) is 26.0 Å². The van der Waals surface area contributed by atoms with Gasteiger partial charge < -0.3 is 14.7 Å². The molecule has 0 spiro atoms. The lowest BCUT2D eigenvalue weighted by molar-refractivity contribution is 0.0725. The second-order valence-electron chi connectivity index (χ2n) is 4.20. The molecule has 1 rings (SSSR count). The third-order valence-electron chi connectivity index (χ3n) is 2.66. The Balaban J connectivity index is 3.12. The molecule has 0 saturated carbocycles. The molecule has 18 heavy (non-hydrogen) atoms. The van der Waals surface area contributed by atoms with E-state index < -0.39 is 0 Å². The number of para-hydroxylation sites is 1. The number of amides is 1. The van der Waals surface area contributed by atoms with Crippen molar-refractivity contribution in [1.29, 1.82) is 0 Å². The van der Waals surface area contributed by atoms with Crippen LogP contribution in [0.5, 0.6) is 11.5 Å². The van der Waals surface area contributed by atoms with Crippen LogP contribution in [0.1, 0.15) is 24.2 Å². The van der Waals surface area contributed by atoms with E-state index in [4.69, 9.17) is 4.74 Å². The van der Waals surface area contributed by atoms with Crippen molar-refractivity contribution in [2.45, 2.75) is 19.9 Å². The monoisotopic (exact) mass is 249 g/mol. The van der Waals surface area contributed by atoms with E-state index in [1.807, 2.05) is 13.8 Å². The zero-order valence-electron chi connectivity index (χ0n) is 11.0. The molecule has 0 saturated heterocycles. The third kappa shape index (κ3) is 2.83. The van der Waals surface area contributed by atoms with Crippen LogP contribution in [-0.4, -0.2) is 35.6 Å². The Morgan fingerprint density at radius 3 is 2.72 bits per heavy atom. The van der Waals surface area contributed by atoms with Crippen molar-refractivity contribution in [2.24, 2.45) is 0 Å². The average molecular weight is 249 g/mol. The SMILES string of the molecule is C=CCN(C(=O)c1cccc(OC)c1O)C(C)C. The third-order valence-corrected chi connectivity index (χ3v) is 2.66. The molecule has 4 nitrogen and oxygen atoms in total. The zero-order valence-corrected chi connectivity index (χ0v) is 11.0. The molecular weight excluding hydrogens is 230 g/mol. The number of benzene rings is 1. The van der Waals surface area contributed by atoms with Crippen LogP contribution >= 0.6 is 0 Å². The van der Waals surface area contributed by atoms with Gasteiger partial charge in [0, 0.05) is 12.6 Å². The summed E-state index contributed by atoms with van der Waals surface area (Å²) < 4.78 is 5.00. The number of phenols is 1. The highest BCUT2D eigenvalue weighted by Crippen LogP contribution is 2.30. The van der Waals surface area contributed by atoms with Gasteiger partial charge in [-0.2, -0.15) is 0 Å². The topological polar surface area (TPSA) is 49.8 Å². The summed E-state index contributed by atoms with van der Waals surface area (Å²) in [7, 11) is 1.45. The van der Waals surface area contributed by atoms with E-state index in [0.29, 0.717) is 12.3 Å². The van der Waals surface area contributed by atoms with E-state index in [1.165, 1.54) is 7.11 Å². The Labute approximate surface area is 107 Å². The second kappa shape index (κ2) is 6.10. The van der Waals surface area contributed by atoms with Crippen LogP contribution in [-0.2, 0) is 0 Å². The minimum Gasteiger partial charge on any atom is -0.504 e. The second-order valence-corrected chi connectivity index (χ2v) is 4.20. The first-order valence-electron chi connectivity index (χ1n) is 5.80. The van der Waals surface area contributed by atoms with Gasteiger partial charge in [-0.15, -0.1) is 6.58 Å². The first-order chi connectivity index (χ1) is 8.52. The van der Waals surface area contributed by atoms with Gasteiger partial charge in [-0.3, -0.25) is 4.79 Å². The maximum Gasteiger partial charge on any atom is 0.258 e. The van der Waals surface area contributed by atoms with Gasteiger partial charge in [-0.25, -0.2) is 0 Å². The van der Waals surface area contributed by atoms with Gasteiger partial charge in [0.25, 0.3) is 5.91 Å². The summed E-state index contributed by atoms with van der Waals surface area (Å²) in [5.74, 6) is -0.0656. The minimum absolute atomic E-state index is 0.0288. The van der Waals surface area contributed by atoms with Crippen molar-refractivity contribution < 1.29 is 14.6 Å². The number of hydrogen-bond donors (Lipinski definition) is 1. The number of methoxy groups -OCH3 is 1. The molecule has 0 atom stereocenters. The molecule has 1 N–H and O–H groups in total. The maximum absolute atomic E-state index is 12.3. The summed E-state index contributed by atoms with van der Waals surface area (Å²) in [6, 6.07) is 4.90. The van der Waals surface area contributed by atoms with Gasteiger partial charge in [0.1, 0.15) is 0 Å². The Morgan fingerprint density at radius 1 is 1.56 bits per heavy atom. The summed E-state index contributed by atoms with van der Waals surface area (Å²) in [5.41, 5.74) is 0.241. The molecule has 4 heteroatoms. The number of nitrogens with zero attached hydrogens (tertiary/aromatic N) is 1. The molecule has 1 aromatic carbocycles. The number of carbonyl (C=O) groups is 1. The van der Waals surface area contributed by atoms with Crippen molar-refractivity contribution in [3.8, 4) is 11.5 Å². The number of rotatable bonds is 5. The summed E-state index contributed by atoms with van der Waals surface area (Å²) in [5, 5.41) is 9.96. The number of carbonyl (C=O) groups excluding carboxylic acids is 1. The lowest BCUT2D eigenvalue weighted by Gasteiger charge is -2.25. The van der Waals surface area contributed by atoms with Crippen molar-refractivity contribution in [1.82, 2.24) is 4.90 Å². The highest BCUT2D eigenvalue weighted by atomic mass is 16.5. The van der Waals surface area contributed by atoms with Crippen LogP contribution in [0.2, 0.25) is 0 Å². The van der Waals surface area contributed by atoms with Crippen LogP contribution in [0.3, 0.4) is 0 Å². The van der Waals surface area contributed by atoms with Gasteiger partial charge in [0.2, 0.25) is 0 Å². The lowest BCUT2D eigenvalue weighted by Crippen LogP contribution is -2.37.